The third kappa shape index (κ3) is 3.86. The van der Waals surface area contributed by atoms with Crippen LogP contribution in [0.4, 0.5) is 5.69 Å². The Hall–Kier alpha value is -1.55. The molecule has 1 fully saturated rings. The molecule has 0 N–H and O–H groups in total. The van der Waals surface area contributed by atoms with Crippen LogP contribution in [0.5, 0.6) is 11.5 Å². The highest BCUT2D eigenvalue weighted by molar-refractivity contribution is 14.1. The summed E-state index contributed by atoms with van der Waals surface area (Å²) in [4.78, 5) is 15.3. The van der Waals surface area contributed by atoms with Crippen LogP contribution in [0, 0.1) is 3.57 Å². The van der Waals surface area contributed by atoms with Crippen molar-refractivity contribution in [1.29, 1.82) is 0 Å². The summed E-state index contributed by atoms with van der Waals surface area (Å²) in [5.74, 6) is 1.24. The first-order chi connectivity index (χ1) is 11.2. The third-order valence-electron chi connectivity index (χ3n) is 3.16. The SMILES string of the molecule is COc1cc(N2OOC(C)O2)c(I)cc1OCc1ccccc1. The molecule has 1 saturated heterocycles. The molecule has 1 aliphatic heterocycles. The zero-order valence-electron chi connectivity index (χ0n) is 12.7. The molecule has 3 rings (SSSR count). The van der Waals surface area contributed by atoms with Crippen molar-refractivity contribution in [2.45, 2.75) is 19.8 Å². The Balaban J connectivity index is 1.79. The lowest BCUT2D eigenvalue weighted by atomic mass is 10.2. The van der Waals surface area contributed by atoms with Gasteiger partial charge in [-0.1, -0.05) is 40.5 Å². The summed E-state index contributed by atoms with van der Waals surface area (Å²) in [5, 5.41) is 1.22. The van der Waals surface area contributed by atoms with Crippen molar-refractivity contribution in [3.05, 3.63) is 51.6 Å². The minimum absolute atomic E-state index is 0.462. The molecule has 0 saturated carbocycles. The number of hydrogen-bond acceptors (Lipinski definition) is 6. The van der Waals surface area contributed by atoms with Crippen molar-refractivity contribution in [3.63, 3.8) is 0 Å². The van der Waals surface area contributed by atoms with Gasteiger partial charge in [0, 0.05) is 9.64 Å². The van der Waals surface area contributed by atoms with E-state index in [1.165, 1.54) is 5.23 Å². The Labute approximate surface area is 147 Å². The second-order valence-corrected chi connectivity index (χ2v) is 5.99. The fraction of sp³-hybridized carbons (Fsp3) is 0.250. The number of halogens is 1. The molecule has 0 aliphatic carbocycles. The molecule has 23 heavy (non-hydrogen) atoms. The van der Waals surface area contributed by atoms with Crippen LogP contribution in [0.1, 0.15) is 12.5 Å². The molecule has 1 unspecified atom stereocenters. The summed E-state index contributed by atoms with van der Waals surface area (Å²) in [7, 11) is 1.59. The standard InChI is InChI=1S/C16H16INO5/c1-11-21-18(23-22-11)14-9-15(19-2)16(8-13(14)17)20-10-12-6-4-3-5-7-12/h3-9,11H,10H2,1-2H3. The van der Waals surface area contributed by atoms with Crippen molar-refractivity contribution in [2.75, 3.05) is 12.3 Å². The first-order valence-corrected chi connectivity index (χ1v) is 8.10. The molecule has 0 spiro atoms. The maximum atomic E-state index is 5.87. The average Bonchev–Trinajstić information content (AvgIpc) is 3.00. The lowest BCUT2D eigenvalue weighted by molar-refractivity contribution is -0.280. The van der Waals surface area contributed by atoms with Crippen LogP contribution in [0.15, 0.2) is 42.5 Å². The van der Waals surface area contributed by atoms with E-state index < -0.39 is 6.29 Å². The van der Waals surface area contributed by atoms with Gasteiger partial charge in [-0.2, -0.15) is 4.89 Å². The molecular formula is C16H16INO5. The van der Waals surface area contributed by atoms with Crippen molar-refractivity contribution in [3.8, 4) is 11.5 Å². The largest absolute Gasteiger partial charge is 0.493 e. The second-order valence-electron chi connectivity index (χ2n) is 4.83. The summed E-state index contributed by atoms with van der Waals surface area (Å²) in [6.45, 7) is 2.20. The maximum absolute atomic E-state index is 5.87. The van der Waals surface area contributed by atoms with Crippen LogP contribution in [0.25, 0.3) is 0 Å². The minimum atomic E-state index is -0.467. The number of rotatable bonds is 5. The molecule has 122 valence electrons. The van der Waals surface area contributed by atoms with Gasteiger partial charge in [-0.05, 0) is 41.1 Å². The predicted octanol–water partition coefficient (Wildman–Crippen LogP) is 3.84. The Kier molecular flexibility index (Phi) is 5.21. The van der Waals surface area contributed by atoms with Crippen molar-refractivity contribution in [2.24, 2.45) is 0 Å². The van der Waals surface area contributed by atoms with Gasteiger partial charge >= 0.3 is 0 Å². The smallest absolute Gasteiger partial charge is 0.219 e. The topological polar surface area (TPSA) is 49.4 Å². The highest BCUT2D eigenvalue weighted by Crippen LogP contribution is 2.38. The first kappa shape index (κ1) is 16.3. The Morgan fingerprint density at radius 1 is 1.17 bits per heavy atom. The number of benzene rings is 2. The number of anilines is 1. The van der Waals surface area contributed by atoms with Crippen LogP contribution in [0.3, 0.4) is 0 Å². The number of methoxy groups -OCH3 is 1. The van der Waals surface area contributed by atoms with Crippen molar-refractivity contribution < 1.29 is 24.2 Å². The van der Waals surface area contributed by atoms with Gasteiger partial charge in [0.15, 0.2) is 11.5 Å². The molecule has 7 heteroatoms. The molecule has 6 nitrogen and oxygen atoms in total. The zero-order chi connectivity index (χ0) is 16.2. The first-order valence-electron chi connectivity index (χ1n) is 7.02. The highest BCUT2D eigenvalue weighted by atomic mass is 127. The van der Waals surface area contributed by atoms with Gasteiger partial charge in [0.25, 0.3) is 0 Å². The monoisotopic (exact) mass is 429 g/mol. The summed E-state index contributed by atoms with van der Waals surface area (Å²) in [6, 6.07) is 13.6. The number of ether oxygens (including phenoxy) is 2. The van der Waals surface area contributed by atoms with Gasteiger partial charge in [0.2, 0.25) is 6.29 Å². The number of nitrogens with zero attached hydrogens (tertiary/aromatic N) is 1. The Bertz CT molecular complexity index is 667. The van der Waals surface area contributed by atoms with Crippen LogP contribution in [0.2, 0.25) is 0 Å². The molecule has 1 aliphatic rings. The van der Waals surface area contributed by atoms with E-state index in [0.717, 1.165) is 9.13 Å². The second kappa shape index (κ2) is 7.35. The van der Waals surface area contributed by atoms with Gasteiger partial charge in [-0.25, -0.2) is 4.84 Å². The fourth-order valence-electron chi connectivity index (χ4n) is 2.04. The van der Waals surface area contributed by atoms with Crippen molar-refractivity contribution >= 4 is 28.3 Å². The lowest BCUT2D eigenvalue weighted by Crippen LogP contribution is -2.17. The summed E-state index contributed by atoms with van der Waals surface area (Å²) in [6.07, 6.45) is -0.467. The highest BCUT2D eigenvalue weighted by Gasteiger charge is 2.26. The summed E-state index contributed by atoms with van der Waals surface area (Å²) < 4.78 is 12.2. The van der Waals surface area contributed by atoms with Gasteiger partial charge < -0.3 is 9.47 Å². The third-order valence-corrected chi connectivity index (χ3v) is 4.02. The molecule has 0 bridgehead atoms. The normalized spacial score (nSPS) is 17.3. The molecule has 1 atom stereocenters. The van der Waals surface area contributed by atoms with Crippen LogP contribution >= 0.6 is 22.6 Å². The van der Waals surface area contributed by atoms with Gasteiger partial charge in [-0.3, -0.25) is 0 Å². The minimum Gasteiger partial charge on any atom is -0.493 e. The van der Waals surface area contributed by atoms with Crippen molar-refractivity contribution in [1.82, 2.24) is 0 Å². The Morgan fingerprint density at radius 2 is 1.96 bits per heavy atom. The molecule has 0 radical (unpaired) electrons. The van der Waals surface area contributed by atoms with E-state index in [-0.39, 0.29) is 0 Å². The molecule has 2 aromatic rings. The molecule has 0 amide bonds. The van der Waals surface area contributed by atoms with Crippen LogP contribution in [-0.2, 0) is 21.3 Å². The Morgan fingerprint density at radius 3 is 2.61 bits per heavy atom. The molecular weight excluding hydrogens is 413 g/mol. The van der Waals surface area contributed by atoms with Gasteiger partial charge in [0.05, 0.1) is 7.11 Å². The van der Waals surface area contributed by atoms with E-state index in [9.17, 15) is 0 Å². The van der Waals surface area contributed by atoms with E-state index in [2.05, 4.69) is 22.6 Å². The van der Waals surface area contributed by atoms with Crippen LogP contribution < -0.4 is 14.7 Å². The van der Waals surface area contributed by atoms with E-state index in [1.807, 2.05) is 36.4 Å². The number of hydrogen-bond donors (Lipinski definition) is 0. The van der Waals surface area contributed by atoms with E-state index in [4.69, 9.17) is 24.2 Å². The van der Waals surface area contributed by atoms with Crippen LogP contribution in [-0.4, -0.2) is 13.4 Å². The van der Waals surface area contributed by atoms with Gasteiger partial charge in [-0.15, -0.1) is 0 Å². The quantitative estimate of drug-likeness (QED) is 0.532. The lowest BCUT2D eigenvalue weighted by Gasteiger charge is -2.17. The average molecular weight is 429 g/mol. The fourth-order valence-corrected chi connectivity index (χ4v) is 2.67. The van der Waals surface area contributed by atoms with E-state index in [0.29, 0.717) is 23.8 Å². The van der Waals surface area contributed by atoms with Gasteiger partial charge in [0.1, 0.15) is 12.3 Å². The van der Waals surface area contributed by atoms with E-state index in [1.54, 1.807) is 20.1 Å². The van der Waals surface area contributed by atoms with E-state index >= 15 is 0 Å². The molecule has 1 heterocycles. The summed E-state index contributed by atoms with van der Waals surface area (Å²) in [5.41, 5.74) is 1.76. The summed E-state index contributed by atoms with van der Waals surface area (Å²) >= 11 is 2.18. The maximum Gasteiger partial charge on any atom is 0.219 e. The molecule has 2 aromatic carbocycles. The predicted molar refractivity (Wildman–Crippen MR) is 91.7 cm³/mol. The molecule has 0 aromatic heterocycles. The zero-order valence-corrected chi connectivity index (χ0v) is 14.8.